The molecule has 1 aliphatic heterocycles. The number of nitrogens with zero attached hydrogens (tertiary/aromatic N) is 7. The van der Waals surface area contributed by atoms with Crippen LogP contribution in [0.3, 0.4) is 0 Å². The smallest absolute Gasteiger partial charge is 0.326 e. The zero-order chi connectivity index (χ0) is 21.3. The van der Waals surface area contributed by atoms with E-state index < -0.39 is 0 Å². The zero-order valence-electron chi connectivity index (χ0n) is 17.3. The van der Waals surface area contributed by atoms with Crippen molar-refractivity contribution in [1.82, 2.24) is 29.1 Å². The largest absolute Gasteiger partial charge is 0.355 e. The van der Waals surface area contributed by atoms with E-state index in [0.717, 1.165) is 59.8 Å². The fourth-order valence-electron chi connectivity index (χ4n) is 4.10. The molecule has 9 heteroatoms. The van der Waals surface area contributed by atoms with E-state index in [1.807, 2.05) is 47.4 Å². The van der Waals surface area contributed by atoms with Crippen LogP contribution >= 0.6 is 0 Å². The van der Waals surface area contributed by atoms with E-state index in [4.69, 9.17) is 5.26 Å². The second kappa shape index (κ2) is 7.99. The Morgan fingerprint density at radius 3 is 2.63 bits per heavy atom. The number of H-pyrrole nitrogens is 1. The molecule has 1 saturated heterocycles. The van der Waals surface area contributed by atoms with Crippen molar-refractivity contribution < 1.29 is 0 Å². The summed E-state index contributed by atoms with van der Waals surface area (Å²) < 4.78 is 3.89. The van der Waals surface area contributed by atoms with Gasteiger partial charge in [-0.25, -0.2) is 19.7 Å². The molecule has 9 nitrogen and oxygen atoms in total. The third-order valence-corrected chi connectivity index (χ3v) is 5.61. The van der Waals surface area contributed by atoms with Crippen LogP contribution in [-0.2, 0) is 7.05 Å². The topological polar surface area (TPSA) is 108 Å². The molecular weight excluding hydrogens is 380 g/mol. The number of para-hydroxylation sites is 2. The minimum Gasteiger partial charge on any atom is -0.355 e. The number of aromatic amines is 1. The van der Waals surface area contributed by atoms with E-state index in [9.17, 15) is 4.79 Å². The van der Waals surface area contributed by atoms with Crippen LogP contribution in [0.2, 0.25) is 0 Å². The van der Waals surface area contributed by atoms with Crippen LogP contribution in [0.25, 0.3) is 22.2 Å². The number of anilines is 1. The highest BCUT2D eigenvalue weighted by Gasteiger charge is 2.26. The van der Waals surface area contributed by atoms with E-state index in [1.54, 1.807) is 12.4 Å². The highest BCUT2D eigenvalue weighted by Crippen LogP contribution is 2.30. The van der Waals surface area contributed by atoms with Gasteiger partial charge in [0.05, 0.1) is 17.1 Å². The number of fused-ring (bicyclic) bond motifs is 2. The number of imidazole rings is 2. The Kier molecular flexibility index (Phi) is 5.23. The lowest BCUT2D eigenvalue weighted by Gasteiger charge is -2.33. The van der Waals surface area contributed by atoms with E-state index in [2.05, 4.69) is 24.8 Å². The number of aryl methyl sites for hydroxylation is 2. The molecule has 30 heavy (non-hydrogen) atoms. The molecule has 1 N–H and O–H groups in total. The first-order valence-corrected chi connectivity index (χ1v) is 9.94. The maximum Gasteiger partial charge on any atom is 0.326 e. The number of piperidine rings is 1. The zero-order valence-corrected chi connectivity index (χ0v) is 17.3. The van der Waals surface area contributed by atoms with Crippen molar-refractivity contribution in [3.63, 3.8) is 0 Å². The summed E-state index contributed by atoms with van der Waals surface area (Å²) in [6, 6.07) is 9.81. The van der Waals surface area contributed by atoms with E-state index in [1.165, 1.54) is 6.92 Å². The standard InChI is InChI=1S/C19H21N7O.C2H3N/c1-12-22-16-17(24(12)2)20-11-21-18(16)25-9-7-13(8-10-25)26-15-6-4-3-5-14(15)23-19(26)27;1-2-3/h3-6,11,13H,7-10H2,1-2H3,(H,23,27);1H3. The molecule has 3 aromatic heterocycles. The number of hydrogen-bond donors (Lipinski definition) is 1. The van der Waals surface area contributed by atoms with Gasteiger partial charge >= 0.3 is 5.69 Å². The molecule has 1 fully saturated rings. The number of benzene rings is 1. The maximum absolute atomic E-state index is 12.5. The van der Waals surface area contributed by atoms with Gasteiger partial charge in [-0.1, -0.05) is 12.1 Å². The van der Waals surface area contributed by atoms with Gasteiger partial charge in [-0.3, -0.25) is 4.57 Å². The molecule has 5 rings (SSSR count). The molecule has 0 aliphatic carbocycles. The van der Waals surface area contributed by atoms with E-state index >= 15 is 0 Å². The van der Waals surface area contributed by atoms with Crippen molar-refractivity contribution in [1.29, 1.82) is 5.26 Å². The second-order valence-electron chi connectivity index (χ2n) is 7.35. The number of nitriles is 1. The van der Waals surface area contributed by atoms with Crippen LogP contribution in [0.4, 0.5) is 5.82 Å². The van der Waals surface area contributed by atoms with Crippen LogP contribution in [-0.4, -0.2) is 42.2 Å². The summed E-state index contributed by atoms with van der Waals surface area (Å²) in [6.07, 6.45) is 3.38. The first-order valence-electron chi connectivity index (χ1n) is 9.94. The Hall–Kier alpha value is -3.67. The van der Waals surface area contributed by atoms with E-state index in [-0.39, 0.29) is 11.7 Å². The number of rotatable bonds is 2. The van der Waals surface area contributed by atoms with Gasteiger partial charge in [0.15, 0.2) is 17.0 Å². The van der Waals surface area contributed by atoms with Crippen molar-refractivity contribution in [2.75, 3.05) is 18.0 Å². The van der Waals surface area contributed by atoms with Crippen molar-refractivity contribution in [2.24, 2.45) is 7.05 Å². The third-order valence-electron chi connectivity index (χ3n) is 5.61. The Morgan fingerprint density at radius 2 is 1.90 bits per heavy atom. The van der Waals surface area contributed by atoms with Crippen LogP contribution in [0.15, 0.2) is 35.4 Å². The third kappa shape index (κ3) is 3.30. The van der Waals surface area contributed by atoms with Crippen molar-refractivity contribution in [3.05, 3.63) is 46.9 Å². The molecule has 4 aromatic rings. The van der Waals surface area contributed by atoms with Gasteiger partial charge in [-0.05, 0) is 31.9 Å². The SMILES string of the molecule is CC#N.Cc1nc2c(N3CCC(n4c(=O)[nH]c5ccccc54)CC3)ncnc2n1C. The summed E-state index contributed by atoms with van der Waals surface area (Å²) in [4.78, 5) is 31.2. The fourth-order valence-corrected chi connectivity index (χ4v) is 4.10. The predicted octanol–water partition coefficient (Wildman–Crippen LogP) is 2.69. The Labute approximate surface area is 173 Å². The molecule has 0 spiro atoms. The van der Waals surface area contributed by atoms with Gasteiger partial charge in [-0.2, -0.15) is 5.26 Å². The van der Waals surface area contributed by atoms with Crippen molar-refractivity contribution in [2.45, 2.75) is 32.7 Å². The van der Waals surface area contributed by atoms with Gasteiger partial charge in [0, 0.05) is 33.1 Å². The van der Waals surface area contributed by atoms with E-state index in [0.29, 0.717) is 0 Å². The summed E-state index contributed by atoms with van der Waals surface area (Å²) in [5.74, 6) is 1.81. The molecule has 1 aromatic carbocycles. The van der Waals surface area contributed by atoms with Gasteiger partial charge in [0.1, 0.15) is 12.2 Å². The molecule has 0 radical (unpaired) electrons. The van der Waals surface area contributed by atoms with Crippen LogP contribution < -0.4 is 10.6 Å². The quantitative estimate of drug-likeness (QED) is 0.550. The first-order chi connectivity index (χ1) is 14.5. The fraction of sp³-hybridized carbons (Fsp3) is 0.381. The highest BCUT2D eigenvalue weighted by atomic mass is 16.1. The molecule has 0 atom stereocenters. The Bertz CT molecular complexity index is 1280. The lowest BCUT2D eigenvalue weighted by molar-refractivity contribution is 0.395. The van der Waals surface area contributed by atoms with Crippen LogP contribution in [0.1, 0.15) is 31.6 Å². The van der Waals surface area contributed by atoms with Crippen LogP contribution in [0.5, 0.6) is 0 Å². The minimum absolute atomic E-state index is 0.0283. The summed E-state index contributed by atoms with van der Waals surface area (Å²) in [5.41, 5.74) is 3.55. The lowest BCUT2D eigenvalue weighted by Crippen LogP contribution is -2.37. The molecule has 4 heterocycles. The average Bonchev–Trinajstić information content (AvgIpc) is 3.24. The first kappa shape index (κ1) is 19.6. The average molecular weight is 404 g/mol. The lowest BCUT2D eigenvalue weighted by atomic mass is 10.0. The molecule has 1 aliphatic rings. The molecular formula is C21H24N8O. The van der Waals surface area contributed by atoms with Gasteiger partial charge in [-0.15, -0.1) is 0 Å². The summed E-state index contributed by atoms with van der Waals surface area (Å²) in [5, 5.41) is 7.32. The van der Waals surface area contributed by atoms with Gasteiger partial charge in [0.25, 0.3) is 0 Å². The van der Waals surface area contributed by atoms with Gasteiger partial charge in [0.2, 0.25) is 0 Å². The Morgan fingerprint density at radius 1 is 1.20 bits per heavy atom. The normalized spacial score (nSPS) is 14.5. The number of hydrogen-bond acceptors (Lipinski definition) is 6. The monoisotopic (exact) mass is 404 g/mol. The number of nitrogens with one attached hydrogen (secondary N) is 1. The summed E-state index contributed by atoms with van der Waals surface area (Å²) in [7, 11) is 1.97. The molecule has 0 saturated carbocycles. The summed E-state index contributed by atoms with van der Waals surface area (Å²) in [6.45, 7) is 5.07. The molecule has 154 valence electrons. The summed E-state index contributed by atoms with van der Waals surface area (Å²) >= 11 is 0. The molecule has 0 amide bonds. The van der Waals surface area contributed by atoms with Crippen molar-refractivity contribution in [3.8, 4) is 6.07 Å². The van der Waals surface area contributed by atoms with Crippen molar-refractivity contribution >= 4 is 28.0 Å². The predicted molar refractivity (Wildman–Crippen MR) is 115 cm³/mol. The Balaban J connectivity index is 0.000000687. The van der Waals surface area contributed by atoms with Crippen LogP contribution in [0, 0.1) is 18.3 Å². The highest BCUT2D eigenvalue weighted by molar-refractivity contribution is 5.84. The molecule has 0 bridgehead atoms. The maximum atomic E-state index is 12.5. The second-order valence-corrected chi connectivity index (χ2v) is 7.35. The minimum atomic E-state index is -0.0283. The molecule has 0 unspecified atom stereocenters. The number of aromatic nitrogens is 6. The van der Waals surface area contributed by atoms with Gasteiger partial charge < -0.3 is 14.5 Å².